The Labute approximate surface area is 182 Å². The van der Waals surface area contributed by atoms with E-state index in [-0.39, 0.29) is 6.54 Å². The summed E-state index contributed by atoms with van der Waals surface area (Å²) in [5, 5.41) is 3.46. The van der Waals surface area contributed by atoms with Crippen LogP contribution in [0.2, 0.25) is 0 Å². The number of amides is 1. The minimum atomic E-state index is -0.542. The average molecular weight is 422 g/mol. The van der Waals surface area contributed by atoms with Gasteiger partial charge in [-0.05, 0) is 39.3 Å². The van der Waals surface area contributed by atoms with E-state index in [0.717, 1.165) is 22.7 Å². The van der Waals surface area contributed by atoms with Gasteiger partial charge in [-0.2, -0.15) is 0 Å². The molecule has 0 radical (unpaired) electrons. The Hall–Kier alpha value is -2.86. The highest BCUT2D eigenvalue weighted by atomic mass is 32.2. The highest BCUT2D eigenvalue weighted by Crippen LogP contribution is 2.24. The molecule has 3 aromatic rings. The third kappa shape index (κ3) is 6.88. The first kappa shape index (κ1) is 21.8. The van der Waals surface area contributed by atoms with Crippen molar-refractivity contribution < 1.29 is 9.53 Å². The zero-order chi connectivity index (χ0) is 21.6. The molecule has 0 saturated heterocycles. The van der Waals surface area contributed by atoms with Crippen LogP contribution in [-0.4, -0.2) is 21.7 Å². The zero-order valence-electron chi connectivity index (χ0n) is 17.8. The Balaban J connectivity index is 1.80. The SMILES string of the molecule is Cc1ccc(-c2cc(CNC(=O)OC(C)(C)C)nc(SCc3ccccc3)n2)cc1. The van der Waals surface area contributed by atoms with Crippen molar-refractivity contribution in [2.24, 2.45) is 0 Å². The lowest BCUT2D eigenvalue weighted by Gasteiger charge is -2.19. The summed E-state index contributed by atoms with van der Waals surface area (Å²) in [7, 11) is 0. The standard InChI is InChI=1S/C24H27N3O2S/c1-17-10-12-19(13-11-17)21-14-20(15-25-23(28)29-24(2,3)4)26-22(27-21)30-16-18-8-6-5-7-9-18/h5-14H,15-16H2,1-4H3,(H,25,28). The van der Waals surface area contributed by atoms with Crippen molar-refractivity contribution in [1.29, 1.82) is 0 Å². The van der Waals surface area contributed by atoms with E-state index in [0.29, 0.717) is 5.16 Å². The van der Waals surface area contributed by atoms with E-state index in [2.05, 4.69) is 41.5 Å². The number of alkyl carbamates (subject to hydrolysis) is 1. The third-order valence-corrected chi connectivity index (χ3v) is 5.05. The van der Waals surface area contributed by atoms with Crippen LogP contribution in [-0.2, 0) is 17.0 Å². The van der Waals surface area contributed by atoms with E-state index >= 15 is 0 Å². The molecule has 0 unspecified atom stereocenters. The number of thioether (sulfide) groups is 1. The molecule has 0 aliphatic carbocycles. The van der Waals surface area contributed by atoms with E-state index in [1.54, 1.807) is 11.8 Å². The Bertz CT molecular complexity index is 984. The second-order valence-corrected chi connectivity index (χ2v) is 8.97. The van der Waals surface area contributed by atoms with E-state index in [1.165, 1.54) is 11.1 Å². The maximum atomic E-state index is 12.0. The molecule has 1 N–H and O–H groups in total. The van der Waals surface area contributed by atoms with Crippen molar-refractivity contribution in [3.8, 4) is 11.3 Å². The largest absolute Gasteiger partial charge is 0.444 e. The fourth-order valence-corrected chi connectivity index (χ4v) is 3.53. The molecule has 6 heteroatoms. The van der Waals surface area contributed by atoms with Crippen LogP contribution in [0.25, 0.3) is 11.3 Å². The predicted octanol–water partition coefficient (Wildman–Crippen LogP) is 5.77. The number of hydrogen-bond acceptors (Lipinski definition) is 5. The molecule has 1 heterocycles. The molecule has 0 aliphatic heterocycles. The molecule has 0 bridgehead atoms. The smallest absolute Gasteiger partial charge is 0.407 e. The minimum absolute atomic E-state index is 0.273. The third-order valence-electron chi connectivity index (χ3n) is 4.13. The summed E-state index contributed by atoms with van der Waals surface area (Å²) < 4.78 is 5.32. The number of ether oxygens (including phenoxy) is 1. The van der Waals surface area contributed by atoms with Crippen molar-refractivity contribution in [3.05, 3.63) is 77.5 Å². The summed E-state index contributed by atoms with van der Waals surface area (Å²) in [6, 6.07) is 20.4. The Kier molecular flexibility index (Phi) is 7.11. The lowest BCUT2D eigenvalue weighted by molar-refractivity contribution is 0.0523. The number of nitrogens with one attached hydrogen (secondary N) is 1. The van der Waals surface area contributed by atoms with Gasteiger partial charge >= 0.3 is 6.09 Å². The summed E-state index contributed by atoms with van der Waals surface area (Å²) >= 11 is 1.58. The first-order chi connectivity index (χ1) is 14.3. The topological polar surface area (TPSA) is 64.1 Å². The first-order valence-electron chi connectivity index (χ1n) is 9.87. The zero-order valence-corrected chi connectivity index (χ0v) is 18.6. The number of carbonyl (C=O) groups excluding carboxylic acids is 1. The molecule has 30 heavy (non-hydrogen) atoms. The molecule has 5 nitrogen and oxygen atoms in total. The van der Waals surface area contributed by atoms with Crippen LogP contribution < -0.4 is 5.32 Å². The number of aryl methyl sites for hydroxylation is 1. The number of benzene rings is 2. The van der Waals surface area contributed by atoms with Gasteiger partial charge in [0.05, 0.1) is 17.9 Å². The predicted molar refractivity (Wildman–Crippen MR) is 121 cm³/mol. The van der Waals surface area contributed by atoms with Crippen molar-refractivity contribution in [1.82, 2.24) is 15.3 Å². The summed E-state index contributed by atoms with van der Waals surface area (Å²) in [6.07, 6.45) is -0.462. The Morgan fingerprint density at radius 2 is 1.73 bits per heavy atom. The Morgan fingerprint density at radius 1 is 1.03 bits per heavy atom. The molecular weight excluding hydrogens is 394 g/mol. The van der Waals surface area contributed by atoms with Gasteiger partial charge in [-0.15, -0.1) is 0 Å². The van der Waals surface area contributed by atoms with E-state index in [1.807, 2.05) is 57.2 Å². The normalized spacial score (nSPS) is 11.2. The van der Waals surface area contributed by atoms with E-state index in [4.69, 9.17) is 9.72 Å². The van der Waals surface area contributed by atoms with Crippen LogP contribution >= 0.6 is 11.8 Å². The molecule has 0 fully saturated rings. The number of nitrogens with zero attached hydrogens (tertiary/aromatic N) is 2. The van der Waals surface area contributed by atoms with E-state index < -0.39 is 11.7 Å². The molecule has 3 rings (SSSR count). The number of rotatable bonds is 6. The van der Waals surface area contributed by atoms with Crippen molar-refractivity contribution in [2.45, 2.75) is 50.8 Å². The monoisotopic (exact) mass is 421 g/mol. The fraction of sp³-hybridized carbons (Fsp3) is 0.292. The maximum absolute atomic E-state index is 12.0. The molecule has 0 atom stereocenters. The van der Waals surface area contributed by atoms with Crippen LogP contribution in [0.3, 0.4) is 0 Å². The molecule has 2 aromatic carbocycles. The average Bonchev–Trinajstić information content (AvgIpc) is 2.71. The molecule has 1 amide bonds. The minimum Gasteiger partial charge on any atom is -0.444 e. The van der Waals surface area contributed by atoms with Crippen molar-refractivity contribution in [2.75, 3.05) is 0 Å². The second-order valence-electron chi connectivity index (χ2n) is 8.02. The van der Waals surface area contributed by atoms with Gasteiger partial charge in [0.25, 0.3) is 0 Å². The summed E-state index contributed by atoms with van der Waals surface area (Å²) in [5.41, 5.74) is 4.45. The summed E-state index contributed by atoms with van der Waals surface area (Å²) in [5.74, 6) is 0.775. The Morgan fingerprint density at radius 3 is 2.40 bits per heavy atom. The second kappa shape index (κ2) is 9.76. The van der Waals surface area contributed by atoms with Crippen LogP contribution in [0.5, 0.6) is 0 Å². The van der Waals surface area contributed by atoms with Crippen LogP contribution in [0, 0.1) is 6.92 Å². The van der Waals surface area contributed by atoms with E-state index in [9.17, 15) is 4.79 Å². The van der Waals surface area contributed by atoms with Crippen LogP contribution in [0.1, 0.15) is 37.6 Å². The van der Waals surface area contributed by atoms with Crippen LogP contribution in [0.15, 0.2) is 65.8 Å². The van der Waals surface area contributed by atoms with Crippen molar-refractivity contribution in [3.63, 3.8) is 0 Å². The van der Waals surface area contributed by atoms with Gasteiger partial charge in [-0.1, -0.05) is 71.9 Å². The molecule has 1 aromatic heterocycles. The molecule has 156 valence electrons. The van der Waals surface area contributed by atoms with Gasteiger partial charge in [-0.25, -0.2) is 14.8 Å². The number of carbonyl (C=O) groups is 1. The van der Waals surface area contributed by atoms with Gasteiger partial charge in [0.15, 0.2) is 5.16 Å². The number of hydrogen-bond donors (Lipinski definition) is 1. The molecule has 0 saturated carbocycles. The van der Waals surface area contributed by atoms with Gasteiger partial charge in [0.1, 0.15) is 5.60 Å². The quantitative estimate of drug-likeness (QED) is 0.404. The van der Waals surface area contributed by atoms with Crippen molar-refractivity contribution >= 4 is 17.9 Å². The highest BCUT2D eigenvalue weighted by Gasteiger charge is 2.16. The van der Waals surface area contributed by atoms with Gasteiger partial charge in [0, 0.05) is 11.3 Å². The summed E-state index contributed by atoms with van der Waals surface area (Å²) in [4.78, 5) is 21.4. The fourth-order valence-electron chi connectivity index (χ4n) is 2.70. The lowest BCUT2D eigenvalue weighted by Crippen LogP contribution is -2.32. The number of aromatic nitrogens is 2. The molecule has 0 spiro atoms. The lowest BCUT2D eigenvalue weighted by atomic mass is 10.1. The first-order valence-corrected chi connectivity index (χ1v) is 10.9. The molecule has 0 aliphatic rings. The molecular formula is C24H27N3O2S. The maximum Gasteiger partial charge on any atom is 0.407 e. The highest BCUT2D eigenvalue weighted by molar-refractivity contribution is 7.98. The summed E-state index contributed by atoms with van der Waals surface area (Å²) in [6.45, 7) is 7.84. The van der Waals surface area contributed by atoms with Gasteiger partial charge < -0.3 is 10.1 Å². The van der Waals surface area contributed by atoms with Gasteiger partial charge in [0.2, 0.25) is 0 Å². The van der Waals surface area contributed by atoms with Gasteiger partial charge in [-0.3, -0.25) is 0 Å². The van der Waals surface area contributed by atoms with Crippen LogP contribution in [0.4, 0.5) is 4.79 Å².